The third-order valence-electron chi connectivity index (χ3n) is 1.20. The number of hydrogen-bond donors (Lipinski definition) is 0. The Balaban J connectivity index is 3.94. The van der Waals surface area contributed by atoms with Gasteiger partial charge in [-0.25, -0.2) is 9.59 Å². The van der Waals surface area contributed by atoms with Gasteiger partial charge >= 0.3 is 17.2 Å². The highest BCUT2D eigenvalue weighted by Gasteiger charge is 2.44. The molecule has 0 bridgehead atoms. The van der Waals surface area contributed by atoms with E-state index in [4.69, 9.17) is 5.26 Å². The Morgan fingerprint density at radius 2 is 2.06 bits per heavy atom. The normalized spacial score (nSPS) is 10.6. The highest BCUT2D eigenvalue weighted by molar-refractivity contribution is 7.96. The van der Waals surface area contributed by atoms with Gasteiger partial charge in [0.2, 0.25) is 0 Å². The predicted octanol–water partition coefficient (Wildman–Crippen LogP) is -0.549. The first-order valence-electron chi connectivity index (χ1n) is 4.16. The lowest BCUT2D eigenvalue weighted by molar-refractivity contribution is -0.777. The summed E-state index contributed by atoms with van der Waals surface area (Å²) in [7, 11) is 0. The Morgan fingerprint density at radius 3 is 2.61 bits per heavy atom. The smallest absolute Gasteiger partial charge is 0.415 e. The largest absolute Gasteiger partial charge is 0.691 e. The van der Waals surface area contributed by atoms with E-state index in [9.17, 15) is 23.6 Å². The van der Waals surface area contributed by atoms with Crippen LogP contribution in [0.15, 0.2) is 0 Å². The van der Waals surface area contributed by atoms with Crippen LogP contribution in [0.3, 0.4) is 0 Å². The zero-order valence-corrected chi connectivity index (χ0v) is 9.41. The van der Waals surface area contributed by atoms with Crippen LogP contribution in [0.2, 0.25) is 0 Å². The van der Waals surface area contributed by atoms with Crippen LogP contribution in [0, 0.1) is 11.3 Å². The maximum Gasteiger partial charge on any atom is 0.415 e. The van der Waals surface area contributed by atoms with Crippen LogP contribution >= 0.6 is 12.0 Å². The average Bonchev–Trinajstić information content (AvgIpc) is 2.33. The van der Waals surface area contributed by atoms with Crippen molar-refractivity contribution in [2.75, 3.05) is 13.2 Å². The number of hydrogen-bond acceptors (Lipinski definition) is 9. The van der Waals surface area contributed by atoms with Crippen LogP contribution in [0.1, 0.15) is 6.42 Å². The second-order valence-corrected chi connectivity index (χ2v) is 3.26. The monoisotopic (exact) mass is 286 g/mol. The molecule has 0 atom stereocenters. The van der Waals surface area contributed by atoms with E-state index in [1.807, 2.05) is 0 Å². The fraction of sp³-hybridized carbons (Fsp3) is 0.571. The third-order valence-corrected chi connectivity index (χ3v) is 1.70. The number of rotatable bonds is 8. The Bertz CT molecular complexity index is 332. The molecule has 8 nitrogen and oxygen atoms in total. The molecule has 0 N–H and O–H groups in total. The van der Waals surface area contributed by atoms with Crippen LogP contribution in [-0.2, 0) is 28.4 Å². The van der Waals surface area contributed by atoms with Crippen molar-refractivity contribution in [1.29, 1.82) is 5.26 Å². The van der Waals surface area contributed by atoms with Crippen molar-refractivity contribution in [3.05, 3.63) is 0 Å². The number of nitriles is 1. The minimum absolute atomic E-state index is 0.0830. The molecule has 0 aromatic rings. The minimum Gasteiger partial charge on any atom is -0.691 e. The van der Waals surface area contributed by atoms with Crippen LogP contribution in [0.25, 0.3) is 0 Å². The van der Waals surface area contributed by atoms with Gasteiger partial charge in [-0.2, -0.15) is 18.4 Å². The molecule has 0 aliphatic rings. The molecular formula is C7H6F2NO7S-. The molecule has 0 aromatic heterocycles. The minimum atomic E-state index is -4.21. The van der Waals surface area contributed by atoms with Gasteiger partial charge in [0, 0.05) is 0 Å². The van der Waals surface area contributed by atoms with Crippen LogP contribution in [-0.4, -0.2) is 30.4 Å². The standard InChI is InChI=1S/C7H7F2NO7S/c8-7(9,18-17-16-13)6(12)15-4-5(11)14-3-1-2-10/h13H,1,3-4H2/p-1. The first-order valence-corrected chi connectivity index (χ1v) is 4.90. The Kier molecular flexibility index (Phi) is 7.88. The molecule has 0 unspecified atom stereocenters. The predicted molar refractivity (Wildman–Crippen MR) is 46.9 cm³/mol. The van der Waals surface area contributed by atoms with Gasteiger partial charge in [0.1, 0.15) is 18.6 Å². The summed E-state index contributed by atoms with van der Waals surface area (Å²) in [5.74, 6) is -3.21. The number of ether oxygens (including phenoxy) is 2. The van der Waals surface area contributed by atoms with Gasteiger partial charge in [0.25, 0.3) is 0 Å². The van der Waals surface area contributed by atoms with E-state index in [1.165, 1.54) is 0 Å². The van der Waals surface area contributed by atoms with Gasteiger partial charge in [0.15, 0.2) is 6.61 Å². The molecule has 0 aliphatic carbocycles. The van der Waals surface area contributed by atoms with E-state index in [0.717, 1.165) is 0 Å². The van der Waals surface area contributed by atoms with E-state index in [2.05, 4.69) is 18.8 Å². The van der Waals surface area contributed by atoms with Crippen molar-refractivity contribution in [3.63, 3.8) is 0 Å². The molecule has 0 heterocycles. The summed E-state index contributed by atoms with van der Waals surface area (Å²) in [6.07, 6.45) is -0.0830. The summed E-state index contributed by atoms with van der Waals surface area (Å²) in [4.78, 5) is 21.5. The SMILES string of the molecule is N#CCCOC(=O)COC(=O)C(F)(F)SOO[O-]. The van der Waals surface area contributed by atoms with Gasteiger partial charge in [-0.3, -0.25) is 5.04 Å². The van der Waals surface area contributed by atoms with Gasteiger partial charge in [-0.15, -0.1) is 0 Å². The lowest BCUT2D eigenvalue weighted by Crippen LogP contribution is -2.30. The summed E-state index contributed by atoms with van der Waals surface area (Å²) in [6, 6.07) is 1.67. The van der Waals surface area contributed by atoms with E-state index < -0.39 is 35.8 Å². The van der Waals surface area contributed by atoms with E-state index >= 15 is 0 Å². The molecule has 0 saturated carbocycles. The zero-order chi connectivity index (χ0) is 14.0. The maximum atomic E-state index is 12.7. The number of carbonyl (C=O) groups excluding carboxylic acids is 2. The first kappa shape index (κ1) is 16.5. The van der Waals surface area contributed by atoms with E-state index in [-0.39, 0.29) is 13.0 Å². The molecule has 0 rings (SSSR count). The van der Waals surface area contributed by atoms with E-state index in [0.29, 0.717) is 0 Å². The van der Waals surface area contributed by atoms with Gasteiger partial charge in [-0.1, -0.05) is 0 Å². The van der Waals surface area contributed by atoms with Crippen molar-refractivity contribution in [2.45, 2.75) is 11.7 Å². The highest BCUT2D eigenvalue weighted by Crippen LogP contribution is 2.30. The summed E-state index contributed by atoms with van der Waals surface area (Å²) >= 11 is -0.878. The molecule has 0 amide bonds. The molecule has 0 saturated heterocycles. The van der Waals surface area contributed by atoms with Crippen molar-refractivity contribution in [2.24, 2.45) is 0 Å². The Hall–Kier alpha value is -1.48. The summed E-state index contributed by atoms with van der Waals surface area (Å²) < 4.78 is 36.9. The number of carbonyl (C=O) groups is 2. The second-order valence-electron chi connectivity index (χ2n) is 2.44. The fourth-order valence-corrected chi connectivity index (χ4v) is 0.792. The van der Waals surface area contributed by atoms with Gasteiger partial charge in [-0.05, 0) is 0 Å². The second kappa shape index (κ2) is 8.59. The number of nitrogens with zero attached hydrogens (tertiary/aromatic N) is 1. The molecule has 0 radical (unpaired) electrons. The van der Waals surface area contributed by atoms with Crippen LogP contribution in [0.5, 0.6) is 0 Å². The molecule has 102 valence electrons. The van der Waals surface area contributed by atoms with Crippen molar-refractivity contribution in [3.8, 4) is 6.07 Å². The zero-order valence-electron chi connectivity index (χ0n) is 8.59. The van der Waals surface area contributed by atoms with Crippen molar-refractivity contribution in [1.82, 2.24) is 0 Å². The molecule has 0 aromatic carbocycles. The molecule has 0 fully saturated rings. The van der Waals surface area contributed by atoms with Gasteiger partial charge in [0.05, 0.1) is 12.5 Å². The number of esters is 2. The third kappa shape index (κ3) is 6.97. The van der Waals surface area contributed by atoms with Crippen LogP contribution in [0.4, 0.5) is 8.78 Å². The Labute approximate surface area is 103 Å². The van der Waals surface area contributed by atoms with Crippen molar-refractivity contribution >= 4 is 24.0 Å². The Morgan fingerprint density at radius 1 is 1.39 bits per heavy atom. The van der Waals surface area contributed by atoms with Crippen molar-refractivity contribution < 1.29 is 42.5 Å². The van der Waals surface area contributed by atoms with Gasteiger partial charge < -0.3 is 14.7 Å². The molecule has 18 heavy (non-hydrogen) atoms. The summed E-state index contributed by atoms with van der Waals surface area (Å²) in [6.45, 7) is -1.30. The molecule has 11 heteroatoms. The molecule has 0 spiro atoms. The molecular weight excluding hydrogens is 280 g/mol. The molecule has 0 aliphatic heterocycles. The van der Waals surface area contributed by atoms with Crippen LogP contribution < -0.4 is 5.26 Å². The lowest BCUT2D eigenvalue weighted by atomic mass is 10.5. The topological polar surface area (TPSA) is 118 Å². The maximum absolute atomic E-state index is 12.7. The average molecular weight is 286 g/mol. The quantitative estimate of drug-likeness (QED) is 0.190. The summed E-state index contributed by atoms with van der Waals surface area (Å²) in [5.41, 5.74) is 0. The first-order chi connectivity index (χ1) is 8.44. The number of alkyl halides is 2. The number of halogens is 2. The highest BCUT2D eigenvalue weighted by atomic mass is 32.2. The summed E-state index contributed by atoms with van der Waals surface area (Å²) in [5, 5.41) is 15.8. The fourth-order valence-electron chi connectivity index (χ4n) is 0.551. The van der Waals surface area contributed by atoms with E-state index in [1.54, 1.807) is 6.07 Å². The lowest BCUT2D eigenvalue weighted by Gasteiger charge is -2.13.